The summed E-state index contributed by atoms with van der Waals surface area (Å²) in [6.07, 6.45) is 9.41. The first-order chi connectivity index (χ1) is 10.4. The molecule has 1 heteroatoms. The van der Waals surface area contributed by atoms with Crippen LogP contribution in [0, 0.1) is 0 Å². The highest BCUT2D eigenvalue weighted by Crippen LogP contribution is 2.31. The maximum absolute atomic E-state index is 2.38. The highest BCUT2D eigenvalue weighted by molar-refractivity contribution is 6.92. The summed E-state index contributed by atoms with van der Waals surface area (Å²) >= 11 is 0. The van der Waals surface area contributed by atoms with Gasteiger partial charge in [0.1, 0.15) is 0 Å². The average molecular weight is 268 g/mol. The van der Waals surface area contributed by atoms with Crippen LogP contribution in [0.5, 0.6) is 0 Å². The van der Waals surface area contributed by atoms with E-state index < -0.39 is 0 Å². The molecule has 0 atom stereocenters. The molecule has 0 radical (unpaired) electrons. The van der Waals surface area contributed by atoms with Gasteiger partial charge in [-0.05, 0) is 42.4 Å². The van der Waals surface area contributed by atoms with Crippen LogP contribution in [0.2, 0.25) is 0 Å². The topological polar surface area (TPSA) is 0 Å². The smallest absolute Gasteiger partial charge is 0.0869 e. The zero-order valence-electron chi connectivity index (χ0n) is 12.1. The largest absolute Gasteiger partial charge is 0.238 e. The van der Waals surface area contributed by atoms with Crippen molar-refractivity contribution in [3.63, 3.8) is 0 Å². The second-order valence-corrected chi connectivity index (χ2v) is 6.47. The first kappa shape index (κ1) is 11.6. The summed E-state index contributed by atoms with van der Waals surface area (Å²) in [6.45, 7) is 0.523. The lowest BCUT2D eigenvalue weighted by atomic mass is 9.29. The number of rotatable bonds is 0. The molecule has 100 valence electrons. The van der Waals surface area contributed by atoms with Gasteiger partial charge in [-0.25, -0.2) is 0 Å². The second-order valence-electron chi connectivity index (χ2n) is 6.47. The summed E-state index contributed by atoms with van der Waals surface area (Å²) in [4.78, 5) is 0. The number of allylic oxidation sites excluding steroid dienone is 4. The van der Waals surface area contributed by atoms with E-state index >= 15 is 0 Å². The summed E-state index contributed by atoms with van der Waals surface area (Å²) in [5, 5.41) is 0. The van der Waals surface area contributed by atoms with Crippen LogP contribution in [-0.4, -0.2) is 6.71 Å². The van der Waals surface area contributed by atoms with Crippen molar-refractivity contribution in [3.8, 4) is 0 Å². The highest BCUT2D eigenvalue weighted by Gasteiger charge is 2.37. The normalized spacial score (nSPS) is 18.2. The first-order valence-corrected chi connectivity index (χ1v) is 7.99. The van der Waals surface area contributed by atoms with E-state index in [0.717, 1.165) is 12.8 Å². The van der Waals surface area contributed by atoms with E-state index in [9.17, 15) is 0 Å². The van der Waals surface area contributed by atoms with Crippen LogP contribution in [-0.2, 0) is 12.8 Å². The van der Waals surface area contributed by atoms with Crippen molar-refractivity contribution in [2.75, 3.05) is 0 Å². The van der Waals surface area contributed by atoms with E-state index in [1.807, 2.05) is 0 Å². The zero-order chi connectivity index (χ0) is 13.8. The molecule has 2 aromatic rings. The van der Waals surface area contributed by atoms with Crippen molar-refractivity contribution in [2.24, 2.45) is 0 Å². The van der Waals surface area contributed by atoms with Gasteiger partial charge in [0.2, 0.25) is 6.71 Å². The fourth-order valence-corrected chi connectivity index (χ4v) is 4.48. The highest BCUT2D eigenvalue weighted by atomic mass is 14.2. The molecule has 0 fully saturated rings. The molecule has 2 aliphatic heterocycles. The Bertz CT molecular complexity index is 810. The molecule has 0 bridgehead atoms. The van der Waals surface area contributed by atoms with Crippen LogP contribution in [0.3, 0.4) is 0 Å². The van der Waals surface area contributed by atoms with Gasteiger partial charge in [-0.2, -0.15) is 0 Å². The van der Waals surface area contributed by atoms with Gasteiger partial charge in [0, 0.05) is 0 Å². The standard InChI is InChI=1S/C20H17B/c1-3-10-18-14(6-1)12-16-8-5-9-17-13-15-7-2-4-11-19(15)21(18)20(16)17/h1-3,5-10H,4,11-13H2. The third-order valence-corrected chi connectivity index (χ3v) is 5.36. The van der Waals surface area contributed by atoms with Gasteiger partial charge in [-0.3, -0.25) is 0 Å². The molecule has 5 rings (SSSR count). The van der Waals surface area contributed by atoms with E-state index in [1.54, 1.807) is 33.1 Å². The molecule has 0 N–H and O–H groups in total. The average Bonchev–Trinajstić information content (AvgIpc) is 2.54. The van der Waals surface area contributed by atoms with E-state index in [2.05, 4.69) is 54.6 Å². The van der Waals surface area contributed by atoms with E-state index in [1.165, 1.54) is 18.4 Å². The molecule has 0 nitrogen and oxygen atoms in total. The Hall–Kier alpha value is -2.02. The van der Waals surface area contributed by atoms with Crippen LogP contribution < -0.4 is 10.9 Å². The Balaban J connectivity index is 1.83. The van der Waals surface area contributed by atoms with Crippen molar-refractivity contribution in [2.45, 2.75) is 25.7 Å². The lowest BCUT2D eigenvalue weighted by Crippen LogP contribution is -2.54. The molecular weight excluding hydrogens is 251 g/mol. The van der Waals surface area contributed by atoms with Gasteiger partial charge in [0.25, 0.3) is 0 Å². The Kier molecular flexibility index (Phi) is 2.35. The Labute approximate surface area is 126 Å². The molecule has 2 aromatic carbocycles. The monoisotopic (exact) mass is 268 g/mol. The molecule has 0 spiro atoms. The second kappa shape index (κ2) is 4.24. The molecule has 0 unspecified atom stereocenters. The Morgan fingerprint density at radius 2 is 1.62 bits per heavy atom. The zero-order valence-corrected chi connectivity index (χ0v) is 12.1. The fourth-order valence-electron chi connectivity index (χ4n) is 4.48. The summed E-state index contributed by atoms with van der Waals surface area (Å²) in [5.41, 5.74) is 11.1. The fraction of sp³-hybridized carbons (Fsp3) is 0.200. The summed E-state index contributed by atoms with van der Waals surface area (Å²) in [6, 6.07) is 16.0. The van der Waals surface area contributed by atoms with E-state index in [0.29, 0.717) is 6.71 Å². The SMILES string of the molecule is C1=CC2=C(CC1)B1c3ccccc3Cc3cccc(c31)C2. The lowest BCUT2D eigenvalue weighted by molar-refractivity contribution is 0.959. The predicted octanol–water partition coefficient (Wildman–Crippen LogP) is 2.94. The Morgan fingerprint density at radius 3 is 2.57 bits per heavy atom. The van der Waals surface area contributed by atoms with Crippen LogP contribution in [0.15, 0.2) is 65.7 Å². The lowest BCUT2D eigenvalue weighted by Gasteiger charge is -2.36. The number of benzene rings is 2. The van der Waals surface area contributed by atoms with Crippen LogP contribution in [0.4, 0.5) is 0 Å². The van der Waals surface area contributed by atoms with Crippen LogP contribution >= 0.6 is 0 Å². The number of hydrogen-bond donors (Lipinski definition) is 0. The predicted molar refractivity (Wildman–Crippen MR) is 89.8 cm³/mol. The molecule has 0 saturated carbocycles. The molecule has 21 heavy (non-hydrogen) atoms. The van der Waals surface area contributed by atoms with E-state index in [-0.39, 0.29) is 0 Å². The Morgan fingerprint density at radius 1 is 0.810 bits per heavy atom. The quantitative estimate of drug-likeness (QED) is 0.644. The third-order valence-electron chi connectivity index (χ3n) is 5.36. The van der Waals surface area contributed by atoms with Gasteiger partial charge in [-0.15, -0.1) is 0 Å². The van der Waals surface area contributed by atoms with Gasteiger partial charge >= 0.3 is 0 Å². The minimum Gasteiger partial charge on any atom is -0.0869 e. The summed E-state index contributed by atoms with van der Waals surface area (Å²) in [5.74, 6) is 0. The summed E-state index contributed by atoms with van der Waals surface area (Å²) in [7, 11) is 0. The van der Waals surface area contributed by atoms with Gasteiger partial charge in [-0.1, -0.05) is 76.6 Å². The number of hydrogen-bond acceptors (Lipinski definition) is 0. The maximum Gasteiger partial charge on any atom is 0.238 e. The van der Waals surface area contributed by atoms with Crippen molar-refractivity contribution in [3.05, 3.63) is 82.4 Å². The van der Waals surface area contributed by atoms with Crippen molar-refractivity contribution in [1.82, 2.24) is 0 Å². The molecule has 0 aromatic heterocycles. The van der Waals surface area contributed by atoms with E-state index in [4.69, 9.17) is 0 Å². The molecule has 0 amide bonds. The van der Waals surface area contributed by atoms with Crippen molar-refractivity contribution >= 4 is 17.6 Å². The molecule has 3 aliphatic rings. The van der Waals surface area contributed by atoms with Crippen molar-refractivity contribution < 1.29 is 0 Å². The molecule has 0 saturated heterocycles. The molecule has 1 aliphatic carbocycles. The third kappa shape index (κ3) is 1.58. The minimum atomic E-state index is 0.523. The minimum absolute atomic E-state index is 0.523. The van der Waals surface area contributed by atoms with Gasteiger partial charge in [0.15, 0.2) is 0 Å². The van der Waals surface area contributed by atoms with Gasteiger partial charge in [0.05, 0.1) is 0 Å². The molecule has 2 heterocycles. The van der Waals surface area contributed by atoms with Crippen LogP contribution in [0.1, 0.15) is 29.5 Å². The maximum atomic E-state index is 2.38. The number of fused-ring (bicyclic) bond motifs is 3. The first-order valence-electron chi connectivity index (χ1n) is 7.99. The van der Waals surface area contributed by atoms with Crippen molar-refractivity contribution in [1.29, 1.82) is 0 Å². The van der Waals surface area contributed by atoms with Crippen LogP contribution in [0.25, 0.3) is 0 Å². The summed E-state index contributed by atoms with van der Waals surface area (Å²) < 4.78 is 0. The van der Waals surface area contributed by atoms with Gasteiger partial charge < -0.3 is 0 Å². The molecular formula is C20H17B.